The second-order valence-electron chi connectivity index (χ2n) is 9.15. The number of nitrogens with one attached hydrogen (secondary N) is 3. The Morgan fingerprint density at radius 2 is 1.95 bits per heavy atom. The number of nitrogens with two attached hydrogens (primary N) is 1. The van der Waals surface area contributed by atoms with Crippen LogP contribution in [0.1, 0.15) is 29.7 Å². The molecule has 5 N–H and O–H groups in total. The summed E-state index contributed by atoms with van der Waals surface area (Å²) >= 11 is 1.47. The molecule has 12 heteroatoms. The molecule has 4 rings (SSSR count). The second-order valence-corrected chi connectivity index (χ2v) is 10.1. The van der Waals surface area contributed by atoms with Crippen molar-refractivity contribution in [2.75, 3.05) is 39.5 Å². The van der Waals surface area contributed by atoms with E-state index in [1.54, 1.807) is 5.38 Å². The standard InChI is InChI=1S/C26H33N5O6S/c27-24(28)18-13-20(38-16-18)8-9-29-25(34)21-14-26(36-11-12-37-26)17-31(21)23(33)15-30-22(32)7-4-10-35-19-5-2-1-3-6-19/h1-3,5-6,13,16,21H,4,7-12,14-15,17H2,(H3,27,28)(H,29,34)(H,30,32)/t21-/m0/s1. The predicted octanol–water partition coefficient (Wildman–Crippen LogP) is 1.01. The van der Waals surface area contributed by atoms with Crippen LogP contribution in [0.25, 0.3) is 0 Å². The van der Waals surface area contributed by atoms with Gasteiger partial charge >= 0.3 is 0 Å². The van der Waals surface area contributed by atoms with Crippen molar-refractivity contribution in [3.8, 4) is 5.75 Å². The predicted molar refractivity (Wildman–Crippen MR) is 141 cm³/mol. The number of nitrogens with zero attached hydrogens (tertiary/aromatic N) is 1. The summed E-state index contributed by atoms with van der Waals surface area (Å²) in [6, 6.07) is 10.4. The van der Waals surface area contributed by atoms with Crippen molar-refractivity contribution in [2.45, 2.75) is 37.5 Å². The molecular formula is C26H33N5O6S. The van der Waals surface area contributed by atoms with Crippen LogP contribution in [0.5, 0.6) is 5.75 Å². The molecule has 3 heterocycles. The number of hydrogen-bond donors (Lipinski definition) is 4. The van der Waals surface area contributed by atoms with Gasteiger partial charge in [0.1, 0.15) is 17.6 Å². The van der Waals surface area contributed by atoms with Crippen LogP contribution in [0, 0.1) is 5.41 Å². The van der Waals surface area contributed by atoms with Gasteiger partial charge in [-0.25, -0.2) is 0 Å². The molecule has 0 aliphatic carbocycles. The number of likely N-dealkylation sites (tertiary alicyclic amines) is 1. The topological polar surface area (TPSA) is 156 Å². The Morgan fingerprint density at radius 3 is 2.66 bits per heavy atom. The third-order valence-corrected chi connectivity index (χ3v) is 7.36. The summed E-state index contributed by atoms with van der Waals surface area (Å²) < 4.78 is 17.1. The molecule has 2 aliphatic rings. The van der Waals surface area contributed by atoms with Gasteiger partial charge in [-0.3, -0.25) is 19.8 Å². The first-order chi connectivity index (χ1) is 18.3. The van der Waals surface area contributed by atoms with E-state index >= 15 is 0 Å². The number of amidine groups is 1. The van der Waals surface area contributed by atoms with Gasteiger partial charge < -0.3 is 35.5 Å². The Bertz CT molecular complexity index is 1130. The summed E-state index contributed by atoms with van der Waals surface area (Å²) in [7, 11) is 0. The quantitative estimate of drug-likeness (QED) is 0.177. The Kier molecular flexibility index (Phi) is 9.32. The lowest BCUT2D eigenvalue weighted by Gasteiger charge is -2.24. The lowest BCUT2D eigenvalue weighted by Crippen LogP contribution is -2.49. The third-order valence-electron chi connectivity index (χ3n) is 6.36. The molecule has 1 spiro atoms. The molecule has 1 atom stereocenters. The van der Waals surface area contributed by atoms with Crippen molar-refractivity contribution in [1.82, 2.24) is 15.5 Å². The van der Waals surface area contributed by atoms with E-state index in [9.17, 15) is 14.4 Å². The molecule has 204 valence electrons. The van der Waals surface area contributed by atoms with Gasteiger partial charge in [0.15, 0.2) is 5.79 Å². The SMILES string of the molecule is N=C(N)c1csc(CCNC(=O)[C@@H]2CC3(CN2C(=O)CNC(=O)CCCOc2ccccc2)OCCO3)c1. The van der Waals surface area contributed by atoms with Crippen molar-refractivity contribution in [1.29, 1.82) is 5.41 Å². The zero-order valence-electron chi connectivity index (χ0n) is 21.1. The van der Waals surface area contributed by atoms with Gasteiger partial charge in [0.25, 0.3) is 0 Å². The van der Waals surface area contributed by atoms with E-state index in [1.807, 2.05) is 36.4 Å². The first-order valence-electron chi connectivity index (χ1n) is 12.6. The van der Waals surface area contributed by atoms with Crippen molar-refractivity contribution >= 4 is 34.9 Å². The van der Waals surface area contributed by atoms with E-state index in [4.69, 9.17) is 25.4 Å². The zero-order valence-corrected chi connectivity index (χ0v) is 21.9. The molecular weight excluding hydrogens is 510 g/mol. The summed E-state index contributed by atoms with van der Waals surface area (Å²) in [6.07, 6.45) is 1.52. The van der Waals surface area contributed by atoms with Crippen LogP contribution < -0.4 is 21.1 Å². The van der Waals surface area contributed by atoms with Gasteiger partial charge in [-0.05, 0) is 31.0 Å². The molecule has 3 amide bonds. The molecule has 11 nitrogen and oxygen atoms in total. The van der Waals surface area contributed by atoms with Crippen LogP contribution in [0.4, 0.5) is 0 Å². The Morgan fingerprint density at radius 1 is 1.18 bits per heavy atom. The summed E-state index contributed by atoms with van der Waals surface area (Å²) in [5.74, 6) is -1.20. The van der Waals surface area contributed by atoms with Crippen LogP contribution in [0.2, 0.25) is 0 Å². The van der Waals surface area contributed by atoms with Crippen LogP contribution in [-0.2, 0) is 30.3 Å². The summed E-state index contributed by atoms with van der Waals surface area (Å²) in [5.41, 5.74) is 6.17. The Balaban J connectivity index is 1.24. The maximum atomic E-state index is 13.1. The normalized spacial score (nSPS) is 17.9. The number of rotatable bonds is 12. The van der Waals surface area contributed by atoms with E-state index in [0.717, 1.165) is 10.6 Å². The molecule has 1 aromatic heterocycles. The van der Waals surface area contributed by atoms with E-state index in [0.29, 0.717) is 44.8 Å². The number of thiophene rings is 1. The molecule has 2 saturated heterocycles. The highest BCUT2D eigenvalue weighted by Gasteiger charge is 2.52. The zero-order chi connectivity index (χ0) is 27.0. The molecule has 0 unspecified atom stereocenters. The Labute approximate surface area is 225 Å². The molecule has 38 heavy (non-hydrogen) atoms. The van der Waals surface area contributed by atoms with E-state index < -0.39 is 11.8 Å². The van der Waals surface area contributed by atoms with Gasteiger partial charge in [-0.1, -0.05) is 18.2 Å². The highest BCUT2D eigenvalue weighted by atomic mass is 32.1. The van der Waals surface area contributed by atoms with Gasteiger partial charge in [0.2, 0.25) is 17.7 Å². The summed E-state index contributed by atoms with van der Waals surface area (Å²) in [4.78, 5) is 40.8. The minimum atomic E-state index is -0.999. The molecule has 1 aromatic carbocycles. The monoisotopic (exact) mass is 543 g/mol. The first-order valence-corrected chi connectivity index (χ1v) is 13.4. The van der Waals surface area contributed by atoms with E-state index in [2.05, 4.69) is 10.6 Å². The largest absolute Gasteiger partial charge is 0.494 e. The number of carbonyl (C=O) groups is 3. The van der Waals surface area contributed by atoms with Crippen molar-refractivity contribution < 1.29 is 28.6 Å². The molecule has 0 saturated carbocycles. The van der Waals surface area contributed by atoms with Crippen LogP contribution >= 0.6 is 11.3 Å². The van der Waals surface area contributed by atoms with Gasteiger partial charge in [-0.2, -0.15) is 0 Å². The fourth-order valence-corrected chi connectivity index (χ4v) is 5.31. The number of nitrogen functional groups attached to an aromatic ring is 1. The second kappa shape index (κ2) is 12.9. The van der Waals surface area contributed by atoms with Crippen LogP contribution in [0.3, 0.4) is 0 Å². The lowest BCUT2D eigenvalue weighted by atomic mass is 10.1. The summed E-state index contributed by atoms with van der Waals surface area (Å²) in [5, 5.41) is 14.9. The average Bonchev–Trinajstić information content (AvgIpc) is 3.67. The lowest BCUT2D eigenvalue weighted by molar-refractivity contribution is -0.152. The van der Waals surface area contributed by atoms with Crippen molar-refractivity contribution in [3.05, 3.63) is 52.2 Å². The van der Waals surface area contributed by atoms with Crippen LogP contribution in [0.15, 0.2) is 41.8 Å². The smallest absolute Gasteiger partial charge is 0.243 e. The maximum Gasteiger partial charge on any atom is 0.243 e. The average molecular weight is 544 g/mol. The fourth-order valence-electron chi connectivity index (χ4n) is 4.42. The highest BCUT2D eigenvalue weighted by molar-refractivity contribution is 7.10. The number of para-hydroxylation sites is 1. The van der Waals surface area contributed by atoms with E-state index in [1.165, 1.54) is 16.2 Å². The fraction of sp³-hybridized carbons (Fsp3) is 0.462. The third kappa shape index (κ3) is 7.30. The number of amides is 3. The van der Waals surface area contributed by atoms with Crippen molar-refractivity contribution in [3.63, 3.8) is 0 Å². The Hall–Kier alpha value is -3.48. The minimum absolute atomic E-state index is 0.00566. The summed E-state index contributed by atoms with van der Waals surface area (Å²) in [6.45, 7) is 1.45. The van der Waals surface area contributed by atoms with Gasteiger partial charge in [0.05, 0.1) is 32.9 Å². The molecule has 0 radical (unpaired) electrons. The maximum absolute atomic E-state index is 13.1. The number of hydrogen-bond acceptors (Lipinski definition) is 8. The van der Waals surface area contributed by atoms with Gasteiger partial charge in [-0.15, -0.1) is 11.3 Å². The molecule has 2 aliphatic heterocycles. The van der Waals surface area contributed by atoms with Gasteiger partial charge in [0, 0.05) is 35.2 Å². The number of ether oxygens (including phenoxy) is 3. The van der Waals surface area contributed by atoms with Crippen LogP contribution in [-0.4, -0.2) is 79.7 Å². The number of benzene rings is 1. The van der Waals surface area contributed by atoms with Crippen molar-refractivity contribution in [2.24, 2.45) is 5.73 Å². The highest BCUT2D eigenvalue weighted by Crippen LogP contribution is 2.34. The van der Waals surface area contributed by atoms with E-state index in [-0.39, 0.29) is 49.5 Å². The molecule has 2 aromatic rings. The number of carbonyl (C=O) groups excluding carboxylic acids is 3. The molecule has 2 fully saturated rings. The molecule has 0 bridgehead atoms. The first kappa shape index (κ1) is 27.6. The minimum Gasteiger partial charge on any atom is -0.494 e.